The van der Waals surface area contributed by atoms with Gasteiger partial charge in [-0.15, -0.1) is 17.9 Å². The molecule has 3 rings (SSSR count). The molecule has 30 heavy (non-hydrogen) atoms. The van der Waals surface area contributed by atoms with Gasteiger partial charge in [-0.05, 0) is 42.1 Å². The minimum atomic E-state index is -3.56. The molecule has 160 valence electrons. The van der Waals surface area contributed by atoms with Crippen LogP contribution in [0.3, 0.4) is 0 Å². The van der Waals surface area contributed by atoms with Crippen molar-refractivity contribution < 1.29 is 13.2 Å². The van der Waals surface area contributed by atoms with Crippen molar-refractivity contribution >= 4 is 38.2 Å². The summed E-state index contributed by atoms with van der Waals surface area (Å²) in [5, 5.41) is 5.86. The molecular weight excluding hydrogens is 418 g/mol. The Labute approximate surface area is 181 Å². The number of hydrogen-bond donors (Lipinski definition) is 1. The highest BCUT2D eigenvalue weighted by Crippen LogP contribution is 2.27. The first kappa shape index (κ1) is 22.3. The average molecular weight is 446 g/mol. The topological polar surface area (TPSA) is 71.4 Å². The molecule has 0 spiro atoms. The summed E-state index contributed by atoms with van der Waals surface area (Å²) < 4.78 is 28.0. The van der Waals surface area contributed by atoms with E-state index in [0.29, 0.717) is 17.6 Å². The molecule has 0 saturated heterocycles. The van der Waals surface area contributed by atoms with Gasteiger partial charge in [-0.3, -0.25) is 4.79 Å². The van der Waals surface area contributed by atoms with Gasteiger partial charge < -0.3 is 9.88 Å². The van der Waals surface area contributed by atoms with Crippen molar-refractivity contribution in [1.82, 2.24) is 14.2 Å². The van der Waals surface area contributed by atoms with Gasteiger partial charge in [0.1, 0.15) is 5.69 Å². The molecule has 0 aliphatic carbocycles. The van der Waals surface area contributed by atoms with E-state index in [1.54, 1.807) is 41.7 Å². The number of fused-ring (bicyclic) bond motifs is 1. The molecule has 1 aromatic carbocycles. The molecular formula is C22H27N3O3S2. The van der Waals surface area contributed by atoms with Crippen molar-refractivity contribution in [2.24, 2.45) is 0 Å². The van der Waals surface area contributed by atoms with E-state index in [4.69, 9.17) is 0 Å². The fourth-order valence-corrected chi connectivity index (χ4v) is 5.18. The second-order valence-corrected chi connectivity index (χ2v) is 10.4. The van der Waals surface area contributed by atoms with Crippen molar-refractivity contribution in [2.45, 2.75) is 37.2 Å². The van der Waals surface area contributed by atoms with Crippen molar-refractivity contribution in [2.75, 3.05) is 14.1 Å². The van der Waals surface area contributed by atoms with Gasteiger partial charge in [-0.2, -0.15) is 0 Å². The lowest BCUT2D eigenvalue weighted by Crippen LogP contribution is -2.29. The van der Waals surface area contributed by atoms with Gasteiger partial charge in [0, 0.05) is 36.4 Å². The van der Waals surface area contributed by atoms with Crippen molar-refractivity contribution in [3.05, 3.63) is 65.0 Å². The van der Waals surface area contributed by atoms with Gasteiger partial charge >= 0.3 is 0 Å². The molecule has 0 fully saturated rings. The van der Waals surface area contributed by atoms with E-state index in [2.05, 4.69) is 18.8 Å². The minimum Gasteiger partial charge on any atom is -0.343 e. The number of nitrogens with zero attached hydrogens (tertiary/aromatic N) is 2. The number of allylic oxidation sites excluding steroid dienone is 1. The summed E-state index contributed by atoms with van der Waals surface area (Å²) in [6, 6.07) is 10.6. The number of carbonyl (C=O) groups is 1. The Morgan fingerprint density at radius 3 is 2.67 bits per heavy atom. The summed E-state index contributed by atoms with van der Waals surface area (Å²) in [4.78, 5) is 14.5. The third kappa shape index (κ3) is 4.35. The molecule has 0 aliphatic rings. The standard InChI is InChI=1S/C22H27N3O3S2/c1-5-8-18(21-9-7-13-29-21)23-22(26)20-15-16-14-17(30(27,28)24(3)4)10-11-19(16)25(20)12-6-2/h6-7,9-11,13-15,18H,2,5,8,12H2,1,3-4H3,(H,23,26)/t18-/m0/s1. The Bertz CT molecular complexity index is 1150. The summed E-state index contributed by atoms with van der Waals surface area (Å²) in [7, 11) is -0.556. The smallest absolute Gasteiger partial charge is 0.268 e. The molecule has 6 nitrogen and oxygen atoms in total. The summed E-state index contributed by atoms with van der Waals surface area (Å²) in [6.07, 6.45) is 3.52. The number of hydrogen-bond acceptors (Lipinski definition) is 4. The van der Waals surface area contributed by atoms with Crippen LogP contribution in [0.5, 0.6) is 0 Å². The quantitative estimate of drug-likeness (QED) is 0.496. The van der Waals surface area contributed by atoms with Crippen LogP contribution in [0.4, 0.5) is 0 Å². The zero-order valence-electron chi connectivity index (χ0n) is 17.5. The molecule has 1 N–H and O–H groups in total. The molecule has 0 saturated carbocycles. The van der Waals surface area contributed by atoms with E-state index in [0.717, 1.165) is 23.2 Å². The monoisotopic (exact) mass is 445 g/mol. The van der Waals surface area contributed by atoms with Crippen LogP contribution in [0.25, 0.3) is 10.9 Å². The third-order valence-corrected chi connectivity index (χ3v) is 7.76. The van der Waals surface area contributed by atoms with Gasteiger partial charge in [-0.25, -0.2) is 12.7 Å². The lowest BCUT2D eigenvalue weighted by molar-refractivity contribution is 0.0926. The fraction of sp³-hybridized carbons (Fsp3) is 0.318. The predicted molar refractivity (Wildman–Crippen MR) is 122 cm³/mol. The number of sulfonamides is 1. The molecule has 1 atom stereocenters. The van der Waals surface area contributed by atoms with Crippen LogP contribution in [0, 0.1) is 0 Å². The van der Waals surface area contributed by atoms with E-state index in [1.165, 1.54) is 18.4 Å². The lowest BCUT2D eigenvalue weighted by Gasteiger charge is -2.17. The first-order valence-corrected chi connectivity index (χ1v) is 12.1. The number of carbonyl (C=O) groups excluding carboxylic acids is 1. The second-order valence-electron chi connectivity index (χ2n) is 7.27. The van der Waals surface area contributed by atoms with Crippen molar-refractivity contribution in [3.63, 3.8) is 0 Å². The Kier molecular flexibility index (Phi) is 6.80. The van der Waals surface area contributed by atoms with Gasteiger partial charge in [0.2, 0.25) is 10.0 Å². The normalized spacial score (nSPS) is 12.9. The molecule has 0 aliphatic heterocycles. The van der Waals surface area contributed by atoms with Gasteiger partial charge in [0.15, 0.2) is 0 Å². The third-order valence-electron chi connectivity index (χ3n) is 4.96. The molecule has 2 heterocycles. The van der Waals surface area contributed by atoms with E-state index in [9.17, 15) is 13.2 Å². The first-order valence-electron chi connectivity index (χ1n) is 9.80. The van der Waals surface area contributed by atoms with E-state index >= 15 is 0 Å². The number of amides is 1. The largest absolute Gasteiger partial charge is 0.343 e. The first-order chi connectivity index (χ1) is 14.3. The number of nitrogens with one attached hydrogen (secondary N) is 1. The van der Waals surface area contributed by atoms with Crippen LogP contribution in [0.15, 0.2) is 59.3 Å². The minimum absolute atomic E-state index is 0.0534. The molecule has 1 amide bonds. The zero-order valence-corrected chi connectivity index (χ0v) is 19.1. The Morgan fingerprint density at radius 2 is 2.07 bits per heavy atom. The highest BCUT2D eigenvalue weighted by Gasteiger charge is 2.22. The second kappa shape index (κ2) is 9.16. The van der Waals surface area contributed by atoms with E-state index < -0.39 is 10.0 Å². The van der Waals surface area contributed by atoms with Gasteiger partial charge in [0.05, 0.1) is 10.9 Å². The number of rotatable bonds is 9. The van der Waals surface area contributed by atoms with Crippen LogP contribution >= 0.6 is 11.3 Å². The highest BCUT2D eigenvalue weighted by molar-refractivity contribution is 7.89. The zero-order chi connectivity index (χ0) is 21.9. The van der Waals surface area contributed by atoms with Crippen LogP contribution in [0.1, 0.15) is 41.2 Å². The molecule has 0 unspecified atom stereocenters. The summed E-state index contributed by atoms with van der Waals surface area (Å²) in [6.45, 7) is 6.34. The highest BCUT2D eigenvalue weighted by atomic mass is 32.2. The molecule has 8 heteroatoms. The molecule has 0 radical (unpaired) electrons. The number of benzene rings is 1. The van der Waals surface area contributed by atoms with Gasteiger partial charge in [0.25, 0.3) is 5.91 Å². The van der Waals surface area contributed by atoms with Gasteiger partial charge in [-0.1, -0.05) is 25.5 Å². The average Bonchev–Trinajstić information content (AvgIpc) is 3.36. The SMILES string of the molecule is C=CCn1c(C(=O)N[C@@H](CCC)c2cccs2)cc2cc(S(=O)(=O)N(C)C)ccc21. The number of thiophene rings is 1. The Hall–Kier alpha value is -2.42. The lowest BCUT2D eigenvalue weighted by atomic mass is 10.1. The molecule has 3 aromatic rings. The van der Waals surface area contributed by atoms with Crippen molar-refractivity contribution in [1.29, 1.82) is 0 Å². The summed E-state index contributed by atoms with van der Waals surface area (Å²) in [5.41, 5.74) is 1.28. The van der Waals surface area contributed by atoms with E-state index in [-0.39, 0.29) is 16.8 Å². The Morgan fingerprint density at radius 1 is 1.30 bits per heavy atom. The van der Waals surface area contributed by atoms with Crippen LogP contribution in [-0.4, -0.2) is 37.3 Å². The Balaban J connectivity index is 2.02. The summed E-state index contributed by atoms with van der Waals surface area (Å²) in [5.74, 6) is -0.183. The predicted octanol–water partition coefficient (Wildman–Crippen LogP) is 4.41. The van der Waals surface area contributed by atoms with Crippen LogP contribution < -0.4 is 5.32 Å². The molecule has 2 aromatic heterocycles. The summed E-state index contributed by atoms with van der Waals surface area (Å²) >= 11 is 1.63. The molecule has 0 bridgehead atoms. The van der Waals surface area contributed by atoms with E-state index in [1.807, 2.05) is 22.1 Å². The van der Waals surface area contributed by atoms with Crippen LogP contribution in [0.2, 0.25) is 0 Å². The maximum Gasteiger partial charge on any atom is 0.268 e. The van der Waals surface area contributed by atoms with Crippen LogP contribution in [-0.2, 0) is 16.6 Å². The number of aromatic nitrogens is 1. The fourth-order valence-electron chi connectivity index (χ4n) is 3.43. The van der Waals surface area contributed by atoms with Crippen molar-refractivity contribution in [3.8, 4) is 0 Å². The maximum absolute atomic E-state index is 13.2. The maximum atomic E-state index is 13.2.